The topological polar surface area (TPSA) is 46.5 Å². The van der Waals surface area contributed by atoms with Gasteiger partial charge in [-0.1, -0.05) is 97.3 Å². The van der Waals surface area contributed by atoms with Gasteiger partial charge in [0.25, 0.3) is 0 Å². The van der Waals surface area contributed by atoms with E-state index in [1.807, 2.05) is 0 Å². The highest BCUT2D eigenvalue weighted by molar-refractivity contribution is 5.74. The van der Waals surface area contributed by atoms with E-state index in [1.165, 1.54) is 77.7 Å². The summed E-state index contributed by atoms with van der Waals surface area (Å²) in [4.78, 5) is 11.0. The monoisotopic (exact) mass is 328 g/mol. The first-order chi connectivity index (χ1) is 11.1. The predicted octanol–water partition coefficient (Wildman–Crippen LogP) is 5.64. The van der Waals surface area contributed by atoms with E-state index in [4.69, 9.17) is 0 Å². The van der Waals surface area contributed by atoms with Gasteiger partial charge in [-0.3, -0.25) is 0 Å². The summed E-state index contributed by atoms with van der Waals surface area (Å²) in [6.45, 7) is 4.61. The number of aliphatic hydroxyl groups excluding tert-OH is 1. The Kier molecular flexibility index (Phi) is 15.9. The van der Waals surface area contributed by atoms with Crippen LogP contribution in [0.5, 0.6) is 0 Å². The molecule has 0 spiro atoms. The summed E-state index contributed by atoms with van der Waals surface area (Å²) in [5, 5.41) is 9.45. The molecule has 138 valence electrons. The first kappa shape index (κ1) is 22.4. The lowest BCUT2D eigenvalue weighted by atomic mass is 10.0. The molecule has 1 unspecified atom stereocenters. The lowest BCUT2D eigenvalue weighted by Gasteiger charge is -2.07. The number of hydrogen-bond acceptors (Lipinski definition) is 3. The van der Waals surface area contributed by atoms with E-state index >= 15 is 0 Å². The van der Waals surface area contributed by atoms with Gasteiger partial charge in [-0.25, -0.2) is 4.79 Å². The molecule has 0 rings (SSSR count). The number of rotatable bonds is 16. The smallest absolute Gasteiger partial charge is 0.334 e. The molecule has 0 aromatic heterocycles. The molecule has 0 bridgehead atoms. The summed E-state index contributed by atoms with van der Waals surface area (Å²) in [5.74, 6) is 0.355. The van der Waals surface area contributed by atoms with Gasteiger partial charge in [0, 0.05) is 0 Å². The maximum Gasteiger partial charge on any atom is 0.334 e. The number of aliphatic hydroxyl groups is 1. The average Bonchev–Trinajstić information content (AvgIpc) is 2.53. The van der Waals surface area contributed by atoms with Gasteiger partial charge in [-0.05, 0) is 12.3 Å². The molecule has 0 amide bonds. The van der Waals surface area contributed by atoms with Gasteiger partial charge in [-0.2, -0.15) is 0 Å². The minimum atomic E-state index is -0.930. The molecule has 0 aliphatic heterocycles. The second-order valence-corrected chi connectivity index (χ2v) is 7.25. The zero-order valence-electron chi connectivity index (χ0n) is 15.8. The summed E-state index contributed by atoms with van der Waals surface area (Å²) in [5.41, 5.74) is 0. The third kappa shape index (κ3) is 16.1. The van der Waals surface area contributed by atoms with Gasteiger partial charge >= 0.3 is 5.97 Å². The van der Waals surface area contributed by atoms with Gasteiger partial charge < -0.3 is 9.84 Å². The van der Waals surface area contributed by atoms with Crippen LogP contribution in [0.1, 0.15) is 104 Å². The number of methoxy groups -OCH3 is 1. The zero-order valence-corrected chi connectivity index (χ0v) is 15.8. The molecular weight excluding hydrogens is 288 g/mol. The predicted molar refractivity (Wildman–Crippen MR) is 97.5 cm³/mol. The molecule has 0 radical (unpaired) electrons. The van der Waals surface area contributed by atoms with Crippen LogP contribution in [0.15, 0.2) is 0 Å². The molecule has 1 atom stereocenters. The largest absolute Gasteiger partial charge is 0.467 e. The van der Waals surface area contributed by atoms with E-state index in [0.717, 1.165) is 18.8 Å². The van der Waals surface area contributed by atoms with Crippen LogP contribution in [0.25, 0.3) is 0 Å². The molecule has 3 heteroatoms. The third-order valence-electron chi connectivity index (χ3n) is 4.48. The Hall–Kier alpha value is -0.570. The van der Waals surface area contributed by atoms with Gasteiger partial charge in [0.1, 0.15) is 0 Å². The lowest BCUT2D eigenvalue weighted by Crippen LogP contribution is -2.21. The number of esters is 1. The van der Waals surface area contributed by atoms with Crippen LogP contribution in [-0.2, 0) is 9.53 Å². The quantitative estimate of drug-likeness (QED) is 0.295. The minimum absolute atomic E-state index is 0.505. The second kappa shape index (κ2) is 16.3. The Bertz CT molecular complexity index is 264. The fourth-order valence-corrected chi connectivity index (χ4v) is 2.91. The van der Waals surface area contributed by atoms with E-state index in [-0.39, 0.29) is 0 Å². The minimum Gasteiger partial charge on any atom is -0.467 e. The van der Waals surface area contributed by atoms with Crippen LogP contribution in [-0.4, -0.2) is 24.3 Å². The van der Waals surface area contributed by atoms with Crippen LogP contribution >= 0.6 is 0 Å². The molecule has 0 saturated heterocycles. The van der Waals surface area contributed by atoms with Crippen molar-refractivity contribution in [1.82, 2.24) is 0 Å². The molecule has 0 heterocycles. The Morgan fingerprint density at radius 3 is 1.43 bits per heavy atom. The number of hydrogen-bond donors (Lipinski definition) is 1. The van der Waals surface area contributed by atoms with Gasteiger partial charge in [0.15, 0.2) is 6.10 Å². The molecule has 0 fully saturated rings. The van der Waals surface area contributed by atoms with Crippen molar-refractivity contribution >= 4 is 5.97 Å². The second-order valence-electron chi connectivity index (χ2n) is 7.25. The molecule has 0 aliphatic carbocycles. The number of ether oxygens (including phenoxy) is 1. The average molecular weight is 329 g/mol. The molecule has 0 saturated carbocycles. The van der Waals surface area contributed by atoms with Crippen molar-refractivity contribution in [3.63, 3.8) is 0 Å². The summed E-state index contributed by atoms with van der Waals surface area (Å²) in [6, 6.07) is 0. The molecule has 0 aromatic rings. The van der Waals surface area contributed by atoms with E-state index in [0.29, 0.717) is 6.42 Å². The first-order valence-corrected chi connectivity index (χ1v) is 9.83. The molecule has 1 N–H and O–H groups in total. The van der Waals surface area contributed by atoms with Crippen LogP contribution in [0.4, 0.5) is 0 Å². The van der Waals surface area contributed by atoms with Crippen molar-refractivity contribution < 1.29 is 14.6 Å². The van der Waals surface area contributed by atoms with E-state index in [9.17, 15) is 9.90 Å². The Morgan fingerprint density at radius 1 is 0.739 bits per heavy atom. The fourth-order valence-electron chi connectivity index (χ4n) is 2.91. The van der Waals surface area contributed by atoms with Crippen molar-refractivity contribution in [2.75, 3.05) is 7.11 Å². The van der Waals surface area contributed by atoms with Gasteiger partial charge in [-0.15, -0.1) is 0 Å². The first-order valence-electron chi connectivity index (χ1n) is 9.83. The maximum atomic E-state index is 11.0. The standard InChI is InChI=1S/C20H40O3/c1-18(2)16-14-12-10-8-6-4-5-7-9-11-13-15-17-19(21)20(22)23-3/h18-19,21H,4-17H2,1-3H3. The van der Waals surface area contributed by atoms with Gasteiger partial charge in [0.2, 0.25) is 0 Å². The van der Waals surface area contributed by atoms with Crippen molar-refractivity contribution in [3.8, 4) is 0 Å². The van der Waals surface area contributed by atoms with Crippen LogP contribution in [0.2, 0.25) is 0 Å². The zero-order chi connectivity index (χ0) is 17.3. The molecule has 23 heavy (non-hydrogen) atoms. The van der Waals surface area contributed by atoms with Crippen molar-refractivity contribution in [2.24, 2.45) is 5.92 Å². The fraction of sp³-hybridized carbons (Fsp3) is 0.950. The normalized spacial score (nSPS) is 12.6. The van der Waals surface area contributed by atoms with E-state index < -0.39 is 12.1 Å². The summed E-state index contributed by atoms with van der Waals surface area (Å²) in [6.07, 6.45) is 16.6. The summed E-state index contributed by atoms with van der Waals surface area (Å²) in [7, 11) is 1.32. The van der Waals surface area contributed by atoms with Gasteiger partial charge in [0.05, 0.1) is 7.11 Å². The van der Waals surface area contributed by atoms with E-state index in [2.05, 4.69) is 18.6 Å². The highest BCUT2D eigenvalue weighted by atomic mass is 16.5. The molecule has 0 aromatic carbocycles. The number of carbonyl (C=O) groups is 1. The van der Waals surface area contributed by atoms with Crippen LogP contribution < -0.4 is 0 Å². The van der Waals surface area contributed by atoms with Crippen LogP contribution in [0, 0.1) is 5.92 Å². The number of carbonyl (C=O) groups excluding carboxylic acids is 1. The highest BCUT2D eigenvalue weighted by Gasteiger charge is 2.13. The Labute approximate surface area is 144 Å². The Balaban J connectivity index is 3.12. The summed E-state index contributed by atoms with van der Waals surface area (Å²) < 4.78 is 4.50. The lowest BCUT2D eigenvalue weighted by molar-refractivity contribution is -0.150. The van der Waals surface area contributed by atoms with Crippen molar-refractivity contribution in [1.29, 1.82) is 0 Å². The molecule has 3 nitrogen and oxygen atoms in total. The third-order valence-corrected chi connectivity index (χ3v) is 4.48. The summed E-state index contributed by atoms with van der Waals surface area (Å²) >= 11 is 0. The van der Waals surface area contributed by atoms with E-state index in [1.54, 1.807) is 0 Å². The molecular formula is C20H40O3. The van der Waals surface area contributed by atoms with Crippen molar-refractivity contribution in [2.45, 2.75) is 110 Å². The maximum absolute atomic E-state index is 11.0. The van der Waals surface area contributed by atoms with Crippen molar-refractivity contribution in [3.05, 3.63) is 0 Å². The Morgan fingerprint density at radius 2 is 1.09 bits per heavy atom. The van der Waals surface area contributed by atoms with Crippen LogP contribution in [0.3, 0.4) is 0 Å². The molecule has 0 aliphatic rings. The highest BCUT2D eigenvalue weighted by Crippen LogP contribution is 2.14. The SMILES string of the molecule is COC(=O)C(O)CCCCCCCCCCCCCCC(C)C. The number of unbranched alkanes of at least 4 members (excludes halogenated alkanes) is 11.